The van der Waals surface area contributed by atoms with Gasteiger partial charge in [0.25, 0.3) is 0 Å². The van der Waals surface area contributed by atoms with Crippen LogP contribution in [0.25, 0.3) is 16.7 Å². The van der Waals surface area contributed by atoms with Crippen molar-refractivity contribution >= 4 is 44.6 Å². The summed E-state index contributed by atoms with van der Waals surface area (Å²) >= 11 is 3.45. The molecular weight excluding hydrogens is 382 g/mol. The first kappa shape index (κ1) is 15.9. The van der Waals surface area contributed by atoms with Crippen LogP contribution >= 0.6 is 15.9 Å². The summed E-state index contributed by atoms with van der Waals surface area (Å²) < 4.78 is 8.01. The van der Waals surface area contributed by atoms with Gasteiger partial charge in [-0.05, 0) is 36.8 Å². The van der Waals surface area contributed by atoms with E-state index in [-0.39, 0.29) is 12.0 Å². The van der Waals surface area contributed by atoms with Crippen molar-refractivity contribution in [2.45, 2.75) is 13.0 Å². The minimum atomic E-state index is -0.346. The molecule has 0 bridgehead atoms. The van der Waals surface area contributed by atoms with Gasteiger partial charge in [0.2, 0.25) is 5.95 Å². The highest BCUT2D eigenvalue weighted by atomic mass is 79.9. The molecule has 3 aromatic rings. The molecule has 1 aliphatic rings. The van der Waals surface area contributed by atoms with E-state index in [9.17, 15) is 4.79 Å². The van der Waals surface area contributed by atoms with Crippen molar-refractivity contribution in [3.05, 3.63) is 64.1 Å². The van der Waals surface area contributed by atoms with Crippen molar-refractivity contribution in [3.63, 3.8) is 0 Å². The molecule has 5 nitrogen and oxygen atoms in total. The third-order valence-corrected chi connectivity index (χ3v) is 4.99. The normalized spacial score (nSPS) is 16.5. The van der Waals surface area contributed by atoms with Gasteiger partial charge in [-0.1, -0.05) is 40.2 Å². The summed E-state index contributed by atoms with van der Waals surface area (Å²) in [6.45, 7) is 1.93. The molecule has 25 heavy (non-hydrogen) atoms. The zero-order valence-electron chi connectivity index (χ0n) is 13.8. The predicted octanol–water partition coefficient (Wildman–Crippen LogP) is 4.37. The second-order valence-corrected chi connectivity index (χ2v) is 6.79. The minimum absolute atomic E-state index is 0.315. The summed E-state index contributed by atoms with van der Waals surface area (Å²) in [4.78, 5) is 17.2. The van der Waals surface area contributed by atoms with Crippen LogP contribution in [-0.2, 0) is 9.53 Å². The lowest BCUT2D eigenvalue weighted by Crippen LogP contribution is -2.27. The number of nitrogens with one attached hydrogen (secondary N) is 1. The van der Waals surface area contributed by atoms with Crippen molar-refractivity contribution in [3.8, 4) is 0 Å². The van der Waals surface area contributed by atoms with Crippen LogP contribution in [0.15, 0.2) is 58.6 Å². The molecule has 0 saturated heterocycles. The first-order valence-electron chi connectivity index (χ1n) is 7.89. The number of hydrogen-bond donors (Lipinski definition) is 1. The number of esters is 1. The molecule has 0 aliphatic carbocycles. The molecule has 1 aromatic heterocycles. The quantitative estimate of drug-likeness (QED) is 0.652. The van der Waals surface area contributed by atoms with Crippen molar-refractivity contribution in [2.24, 2.45) is 0 Å². The molecule has 1 atom stereocenters. The Hall–Kier alpha value is -2.60. The summed E-state index contributed by atoms with van der Waals surface area (Å²) in [5, 5.41) is 3.40. The van der Waals surface area contributed by atoms with E-state index in [0.29, 0.717) is 5.57 Å². The summed E-state index contributed by atoms with van der Waals surface area (Å²) in [5.74, 6) is 0.376. The summed E-state index contributed by atoms with van der Waals surface area (Å²) in [6, 6.07) is 15.4. The van der Waals surface area contributed by atoms with Gasteiger partial charge >= 0.3 is 5.97 Å². The number of imidazole rings is 1. The molecule has 0 amide bonds. The zero-order valence-corrected chi connectivity index (χ0v) is 15.4. The molecule has 1 aliphatic heterocycles. The molecule has 0 saturated carbocycles. The van der Waals surface area contributed by atoms with Gasteiger partial charge in [-0.2, -0.15) is 0 Å². The van der Waals surface area contributed by atoms with Gasteiger partial charge in [0.1, 0.15) is 0 Å². The lowest BCUT2D eigenvalue weighted by molar-refractivity contribution is -0.136. The van der Waals surface area contributed by atoms with Gasteiger partial charge in [-0.25, -0.2) is 9.78 Å². The largest absolute Gasteiger partial charge is 0.466 e. The van der Waals surface area contributed by atoms with Gasteiger partial charge in [0.15, 0.2) is 0 Å². The second kappa shape index (κ2) is 6.04. The smallest absolute Gasteiger partial charge is 0.337 e. The average Bonchev–Trinajstić information content (AvgIpc) is 3.00. The van der Waals surface area contributed by atoms with Crippen LogP contribution in [0.1, 0.15) is 18.5 Å². The summed E-state index contributed by atoms with van der Waals surface area (Å²) in [6.07, 6.45) is 0. The molecule has 6 heteroatoms. The molecule has 2 heterocycles. The highest BCUT2D eigenvalue weighted by molar-refractivity contribution is 9.10. The third kappa shape index (κ3) is 2.53. The number of benzene rings is 2. The molecule has 1 N–H and O–H groups in total. The SMILES string of the molecule is COC(=O)C1=C(C)n2c(nc3ccccc32)NC1c1ccc(Br)cc1. The number of methoxy groups -OCH3 is 1. The van der Waals surface area contributed by atoms with Gasteiger partial charge < -0.3 is 10.1 Å². The second-order valence-electron chi connectivity index (χ2n) is 5.88. The number of allylic oxidation sites excluding steroid dienone is 1. The Labute approximate surface area is 153 Å². The fraction of sp³-hybridized carbons (Fsp3) is 0.158. The Bertz CT molecular complexity index is 1010. The van der Waals surface area contributed by atoms with Crippen LogP contribution in [0.5, 0.6) is 0 Å². The molecular formula is C19H16BrN3O2. The molecule has 126 valence electrons. The summed E-state index contributed by atoms with van der Waals surface area (Å²) in [7, 11) is 1.41. The maximum atomic E-state index is 12.5. The van der Waals surface area contributed by atoms with Crippen LogP contribution in [-0.4, -0.2) is 22.6 Å². The van der Waals surface area contributed by atoms with Gasteiger partial charge in [-0.3, -0.25) is 4.57 Å². The number of anilines is 1. The van der Waals surface area contributed by atoms with Gasteiger partial charge in [0.05, 0.1) is 29.8 Å². The number of para-hydroxylation sites is 2. The van der Waals surface area contributed by atoms with Crippen molar-refractivity contribution < 1.29 is 9.53 Å². The van der Waals surface area contributed by atoms with Gasteiger partial charge in [-0.15, -0.1) is 0 Å². The van der Waals surface area contributed by atoms with Crippen molar-refractivity contribution in [1.82, 2.24) is 9.55 Å². The van der Waals surface area contributed by atoms with Crippen LogP contribution in [0.3, 0.4) is 0 Å². The molecule has 0 spiro atoms. The highest BCUT2D eigenvalue weighted by Gasteiger charge is 2.33. The topological polar surface area (TPSA) is 56.2 Å². The van der Waals surface area contributed by atoms with E-state index in [1.807, 2.05) is 60.0 Å². The molecule has 0 fully saturated rings. The lowest BCUT2D eigenvalue weighted by atomic mass is 9.95. The fourth-order valence-corrected chi connectivity index (χ4v) is 3.54. The van der Waals surface area contributed by atoms with E-state index in [0.717, 1.165) is 32.7 Å². The fourth-order valence-electron chi connectivity index (χ4n) is 3.27. The standard InChI is InChI=1S/C19H16BrN3O2/c1-11-16(18(24)25-2)17(12-7-9-13(20)10-8-12)22-19-21-14-5-3-4-6-15(14)23(11)19/h3-10,17H,1-2H3,(H,21,22). The predicted molar refractivity (Wildman–Crippen MR) is 101 cm³/mol. The van der Waals surface area contributed by atoms with E-state index >= 15 is 0 Å². The van der Waals surface area contributed by atoms with E-state index in [2.05, 4.69) is 26.2 Å². The maximum Gasteiger partial charge on any atom is 0.337 e. The Morgan fingerprint density at radius 1 is 1.20 bits per heavy atom. The Morgan fingerprint density at radius 3 is 2.64 bits per heavy atom. The Kier molecular flexibility index (Phi) is 3.84. The number of carbonyl (C=O) groups is 1. The van der Waals surface area contributed by atoms with Crippen LogP contribution in [0.2, 0.25) is 0 Å². The summed E-state index contributed by atoms with van der Waals surface area (Å²) in [5.41, 5.74) is 4.21. The third-order valence-electron chi connectivity index (χ3n) is 4.46. The Morgan fingerprint density at radius 2 is 1.92 bits per heavy atom. The highest BCUT2D eigenvalue weighted by Crippen LogP contribution is 2.38. The number of fused-ring (bicyclic) bond motifs is 3. The van der Waals surface area contributed by atoms with Gasteiger partial charge in [0, 0.05) is 10.2 Å². The van der Waals surface area contributed by atoms with E-state index < -0.39 is 0 Å². The van der Waals surface area contributed by atoms with E-state index in [4.69, 9.17) is 4.74 Å². The monoisotopic (exact) mass is 397 g/mol. The molecule has 2 aromatic carbocycles. The zero-order chi connectivity index (χ0) is 17.6. The first-order chi connectivity index (χ1) is 12.1. The van der Waals surface area contributed by atoms with Crippen molar-refractivity contribution in [1.29, 1.82) is 0 Å². The number of halogens is 1. The van der Waals surface area contributed by atoms with Crippen LogP contribution < -0.4 is 5.32 Å². The number of rotatable bonds is 2. The van der Waals surface area contributed by atoms with E-state index in [1.165, 1.54) is 7.11 Å². The van der Waals surface area contributed by atoms with E-state index in [1.54, 1.807) is 0 Å². The first-order valence-corrected chi connectivity index (χ1v) is 8.68. The number of carbonyl (C=O) groups excluding carboxylic acids is 1. The lowest BCUT2D eigenvalue weighted by Gasteiger charge is -2.29. The molecule has 0 radical (unpaired) electrons. The number of nitrogens with zero attached hydrogens (tertiary/aromatic N) is 2. The number of hydrogen-bond acceptors (Lipinski definition) is 4. The minimum Gasteiger partial charge on any atom is -0.466 e. The van der Waals surface area contributed by atoms with Crippen LogP contribution in [0, 0.1) is 0 Å². The number of aromatic nitrogens is 2. The van der Waals surface area contributed by atoms with Crippen LogP contribution in [0.4, 0.5) is 5.95 Å². The Balaban J connectivity index is 1.95. The maximum absolute atomic E-state index is 12.5. The van der Waals surface area contributed by atoms with Crippen molar-refractivity contribution in [2.75, 3.05) is 12.4 Å². The molecule has 1 unspecified atom stereocenters. The number of ether oxygens (including phenoxy) is 1. The average molecular weight is 398 g/mol. The molecule has 4 rings (SSSR count).